The van der Waals surface area contributed by atoms with Crippen LogP contribution in [0.1, 0.15) is 33.1 Å². The Kier molecular flexibility index (Phi) is 3.50. The second-order valence-corrected chi connectivity index (χ2v) is 5.21. The quantitative estimate of drug-likeness (QED) is 0.756. The van der Waals surface area contributed by atoms with Gasteiger partial charge in [0.1, 0.15) is 0 Å². The van der Waals surface area contributed by atoms with Gasteiger partial charge < -0.3 is 15.4 Å². The van der Waals surface area contributed by atoms with Gasteiger partial charge in [-0.2, -0.15) is 0 Å². The molecule has 0 aromatic carbocycles. The summed E-state index contributed by atoms with van der Waals surface area (Å²) in [6, 6.07) is -0.0783. The third-order valence-corrected chi connectivity index (χ3v) is 3.77. The molecule has 1 amide bonds. The van der Waals surface area contributed by atoms with Crippen LogP contribution in [0.2, 0.25) is 0 Å². The summed E-state index contributed by atoms with van der Waals surface area (Å²) in [6.07, 6.45) is 3.58. The van der Waals surface area contributed by atoms with Crippen molar-refractivity contribution in [2.24, 2.45) is 11.7 Å². The molecule has 0 spiro atoms. The van der Waals surface area contributed by atoms with Crippen molar-refractivity contribution in [1.82, 2.24) is 4.90 Å². The molecule has 1 saturated heterocycles. The molecule has 2 aliphatic rings. The van der Waals surface area contributed by atoms with Gasteiger partial charge in [0.05, 0.1) is 24.8 Å². The van der Waals surface area contributed by atoms with E-state index in [2.05, 4.69) is 0 Å². The van der Waals surface area contributed by atoms with Crippen molar-refractivity contribution in [3.05, 3.63) is 0 Å². The van der Waals surface area contributed by atoms with Gasteiger partial charge in [0, 0.05) is 6.54 Å². The lowest BCUT2D eigenvalue weighted by molar-refractivity contribution is -0.146. The fourth-order valence-electron chi connectivity index (χ4n) is 2.68. The van der Waals surface area contributed by atoms with E-state index in [4.69, 9.17) is 10.5 Å². The van der Waals surface area contributed by atoms with Crippen LogP contribution in [0.25, 0.3) is 0 Å². The highest BCUT2D eigenvalue weighted by atomic mass is 16.5. The molecule has 0 radical (unpaired) electrons. The smallest absolute Gasteiger partial charge is 0.240 e. The monoisotopic (exact) mass is 226 g/mol. The zero-order chi connectivity index (χ0) is 11.7. The fraction of sp³-hybridized carbons (Fsp3) is 0.917. The number of ether oxygens (including phenoxy) is 1. The van der Waals surface area contributed by atoms with Crippen molar-refractivity contribution < 1.29 is 9.53 Å². The molecule has 1 aliphatic heterocycles. The lowest BCUT2D eigenvalue weighted by Gasteiger charge is -2.39. The molecule has 0 aromatic rings. The Labute approximate surface area is 97.1 Å². The molecule has 0 bridgehead atoms. The summed E-state index contributed by atoms with van der Waals surface area (Å²) in [6.45, 7) is 5.36. The van der Waals surface area contributed by atoms with E-state index in [1.165, 1.54) is 0 Å². The Balaban J connectivity index is 2.05. The van der Waals surface area contributed by atoms with Crippen LogP contribution in [0.4, 0.5) is 0 Å². The fourth-order valence-corrected chi connectivity index (χ4v) is 2.68. The predicted octanol–water partition coefficient (Wildman–Crippen LogP) is 0.750. The normalized spacial score (nSPS) is 31.6. The van der Waals surface area contributed by atoms with Crippen molar-refractivity contribution in [2.45, 2.75) is 51.3 Å². The third-order valence-electron chi connectivity index (χ3n) is 3.77. The number of hydrogen-bond donors (Lipinski definition) is 1. The number of hydrogen-bond acceptors (Lipinski definition) is 3. The number of fused-ring (bicyclic) bond motifs is 1. The topological polar surface area (TPSA) is 55.6 Å². The largest absolute Gasteiger partial charge is 0.374 e. The zero-order valence-electron chi connectivity index (χ0n) is 10.2. The van der Waals surface area contributed by atoms with E-state index in [9.17, 15) is 4.79 Å². The standard InChI is InChI=1S/C12H22N2O2/c1-8(2)11(13)12(15)14-6-7-16-10-5-3-4-9(10)14/h8-11H,3-7,13H2,1-2H3/t9?,10?,11-/m1/s1. The maximum absolute atomic E-state index is 12.2. The average molecular weight is 226 g/mol. The Morgan fingerprint density at radius 3 is 2.88 bits per heavy atom. The molecule has 92 valence electrons. The Hall–Kier alpha value is -0.610. The molecule has 2 N–H and O–H groups in total. The second kappa shape index (κ2) is 4.72. The predicted molar refractivity (Wildman–Crippen MR) is 61.9 cm³/mol. The first kappa shape index (κ1) is 11.9. The molecule has 4 nitrogen and oxygen atoms in total. The van der Waals surface area contributed by atoms with E-state index in [1.54, 1.807) is 0 Å². The minimum atomic E-state index is -0.362. The highest BCUT2D eigenvalue weighted by Gasteiger charge is 2.39. The van der Waals surface area contributed by atoms with Gasteiger partial charge in [0.2, 0.25) is 5.91 Å². The van der Waals surface area contributed by atoms with Gasteiger partial charge in [0.15, 0.2) is 0 Å². The number of carbonyl (C=O) groups excluding carboxylic acids is 1. The lowest BCUT2D eigenvalue weighted by Crippen LogP contribution is -2.56. The highest BCUT2D eigenvalue weighted by Crippen LogP contribution is 2.30. The van der Waals surface area contributed by atoms with Gasteiger partial charge >= 0.3 is 0 Å². The van der Waals surface area contributed by atoms with Gasteiger partial charge in [-0.1, -0.05) is 13.8 Å². The van der Waals surface area contributed by atoms with Crippen molar-refractivity contribution in [3.63, 3.8) is 0 Å². The van der Waals surface area contributed by atoms with Crippen LogP contribution in [-0.4, -0.2) is 42.1 Å². The van der Waals surface area contributed by atoms with Crippen LogP contribution in [0.15, 0.2) is 0 Å². The minimum Gasteiger partial charge on any atom is -0.374 e. The van der Waals surface area contributed by atoms with Gasteiger partial charge in [-0.25, -0.2) is 0 Å². The van der Waals surface area contributed by atoms with Crippen LogP contribution in [-0.2, 0) is 9.53 Å². The maximum Gasteiger partial charge on any atom is 0.240 e. The molecule has 2 unspecified atom stereocenters. The van der Waals surface area contributed by atoms with E-state index in [-0.39, 0.29) is 30.0 Å². The number of morpholine rings is 1. The SMILES string of the molecule is CC(C)[C@@H](N)C(=O)N1CCOC2CCCC21. The van der Waals surface area contributed by atoms with Crippen LogP contribution in [0.3, 0.4) is 0 Å². The summed E-state index contributed by atoms with van der Waals surface area (Å²) in [4.78, 5) is 14.2. The van der Waals surface area contributed by atoms with Gasteiger partial charge in [-0.15, -0.1) is 0 Å². The van der Waals surface area contributed by atoms with Crippen LogP contribution < -0.4 is 5.73 Å². The molecule has 3 atom stereocenters. The Morgan fingerprint density at radius 1 is 1.44 bits per heavy atom. The van der Waals surface area contributed by atoms with Gasteiger partial charge in [0.25, 0.3) is 0 Å². The summed E-state index contributed by atoms with van der Waals surface area (Å²) in [7, 11) is 0. The summed E-state index contributed by atoms with van der Waals surface area (Å²) in [5, 5.41) is 0. The molecular formula is C12H22N2O2. The summed E-state index contributed by atoms with van der Waals surface area (Å²) >= 11 is 0. The number of nitrogens with zero attached hydrogens (tertiary/aromatic N) is 1. The zero-order valence-corrected chi connectivity index (χ0v) is 10.2. The molecule has 2 fully saturated rings. The number of amides is 1. The molecule has 1 heterocycles. The first-order valence-electron chi connectivity index (χ1n) is 6.29. The molecule has 4 heteroatoms. The first-order chi connectivity index (χ1) is 7.61. The molecule has 1 saturated carbocycles. The lowest BCUT2D eigenvalue weighted by atomic mass is 10.0. The van der Waals surface area contributed by atoms with Crippen molar-refractivity contribution in [1.29, 1.82) is 0 Å². The van der Waals surface area contributed by atoms with Gasteiger partial charge in [-0.3, -0.25) is 4.79 Å². The van der Waals surface area contributed by atoms with Crippen molar-refractivity contribution in [3.8, 4) is 0 Å². The Bertz CT molecular complexity index is 268. The summed E-state index contributed by atoms with van der Waals surface area (Å²) in [5.74, 6) is 0.311. The van der Waals surface area contributed by atoms with Crippen molar-refractivity contribution >= 4 is 5.91 Å². The van der Waals surface area contributed by atoms with Crippen molar-refractivity contribution in [2.75, 3.05) is 13.2 Å². The van der Waals surface area contributed by atoms with E-state index in [0.29, 0.717) is 13.2 Å². The molecule has 16 heavy (non-hydrogen) atoms. The minimum absolute atomic E-state index is 0.107. The van der Waals surface area contributed by atoms with E-state index >= 15 is 0 Å². The average Bonchev–Trinajstić information content (AvgIpc) is 2.74. The maximum atomic E-state index is 12.2. The first-order valence-corrected chi connectivity index (χ1v) is 6.29. The number of nitrogens with two attached hydrogens (primary N) is 1. The van der Waals surface area contributed by atoms with Crippen LogP contribution >= 0.6 is 0 Å². The van der Waals surface area contributed by atoms with Crippen LogP contribution in [0, 0.1) is 5.92 Å². The highest BCUT2D eigenvalue weighted by molar-refractivity contribution is 5.82. The summed E-state index contributed by atoms with van der Waals surface area (Å²) < 4.78 is 5.69. The summed E-state index contributed by atoms with van der Waals surface area (Å²) in [5.41, 5.74) is 5.94. The van der Waals surface area contributed by atoms with E-state index in [1.807, 2.05) is 18.7 Å². The number of rotatable bonds is 2. The third kappa shape index (κ3) is 2.09. The molecule has 2 rings (SSSR count). The second-order valence-electron chi connectivity index (χ2n) is 5.21. The van der Waals surface area contributed by atoms with E-state index in [0.717, 1.165) is 19.3 Å². The van der Waals surface area contributed by atoms with Gasteiger partial charge in [-0.05, 0) is 25.2 Å². The molecule has 1 aliphatic carbocycles. The van der Waals surface area contributed by atoms with E-state index < -0.39 is 0 Å². The van der Waals surface area contributed by atoms with Crippen LogP contribution in [0.5, 0.6) is 0 Å². The molecule has 0 aromatic heterocycles. The number of carbonyl (C=O) groups is 1. The molecular weight excluding hydrogens is 204 g/mol. The Morgan fingerprint density at radius 2 is 2.19 bits per heavy atom.